The average Bonchev–Trinajstić information content (AvgIpc) is 2.37. The molecule has 0 saturated carbocycles. The molecule has 2 N–H and O–H groups in total. The van der Waals surface area contributed by atoms with Gasteiger partial charge in [0.1, 0.15) is 17.3 Å². The van der Waals surface area contributed by atoms with Crippen molar-refractivity contribution in [2.45, 2.75) is 6.61 Å². The van der Waals surface area contributed by atoms with Crippen LogP contribution in [0.4, 0.5) is 0 Å². The monoisotopic (exact) mass is 321 g/mol. The van der Waals surface area contributed by atoms with Crippen LogP contribution in [0.1, 0.15) is 11.1 Å². The number of hydrogen-bond donors (Lipinski definition) is 1. The van der Waals surface area contributed by atoms with Gasteiger partial charge in [-0.1, -0.05) is 48.6 Å². The smallest absolute Gasteiger partial charge is 0.131 e. The number of ether oxygens (including phenoxy) is 1. The van der Waals surface area contributed by atoms with Crippen molar-refractivity contribution in [1.29, 1.82) is 0 Å². The summed E-state index contributed by atoms with van der Waals surface area (Å²) in [7, 11) is 0. The molecule has 4 heteroatoms. The van der Waals surface area contributed by atoms with Gasteiger partial charge >= 0.3 is 0 Å². The highest BCUT2D eigenvalue weighted by Crippen LogP contribution is 2.27. The molecule has 0 fully saturated rings. The second-order valence-corrected chi connectivity index (χ2v) is 5.05. The van der Waals surface area contributed by atoms with Gasteiger partial charge in [-0.25, -0.2) is 0 Å². The van der Waals surface area contributed by atoms with E-state index in [-0.39, 0.29) is 0 Å². The van der Waals surface area contributed by atoms with Crippen molar-refractivity contribution in [1.82, 2.24) is 0 Å². The number of benzene rings is 2. The summed E-state index contributed by atoms with van der Waals surface area (Å²) >= 11 is 8.46. The maximum atomic E-state index is 5.77. The van der Waals surface area contributed by atoms with Crippen LogP contribution in [0.5, 0.6) is 5.75 Å². The molecule has 0 aliphatic carbocycles. The van der Waals surface area contributed by atoms with Crippen LogP contribution in [-0.2, 0) is 6.61 Å². The maximum absolute atomic E-state index is 5.77. The predicted molar refractivity (Wildman–Crippen MR) is 80.8 cm³/mol. The van der Waals surface area contributed by atoms with Crippen LogP contribution in [0.3, 0.4) is 0 Å². The van der Waals surface area contributed by atoms with Crippen LogP contribution in [0, 0.1) is 0 Å². The summed E-state index contributed by atoms with van der Waals surface area (Å²) in [6.45, 7) is 0.493. The average molecular weight is 322 g/mol. The van der Waals surface area contributed by atoms with E-state index in [2.05, 4.69) is 15.9 Å². The molecule has 0 amide bonds. The Morgan fingerprint density at radius 1 is 1.11 bits per heavy atom. The highest BCUT2D eigenvalue weighted by Gasteiger charge is 2.10. The molecule has 2 aromatic rings. The first-order valence-electron chi connectivity index (χ1n) is 5.43. The summed E-state index contributed by atoms with van der Waals surface area (Å²) in [5.74, 6) is 0.695. The van der Waals surface area contributed by atoms with Gasteiger partial charge < -0.3 is 10.5 Å². The zero-order chi connectivity index (χ0) is 13.0. The van der Waals surface area contributed by atoms with Crippen molar-refractivity contribution >= 4 is 33.1 Å². The molecule has 0 bridgehead atoms. The number of rotatable bonds is 4. The fourth-order valence-corrected chi connectivity index (χ4v) is 2.50. The minimum absolute atomic E-state index is 0.325. The first-order chi connectivity index (χ1) is 8.68. The first-order valence-corrected chi connectivity index (χ1v) is 6.63. The molecule has 0 aromatic heterocycles. The van der Waals surface area contributed by atoms with Crippen molar-refractivity contribution in [2.75, 3.05) is 0 Å². The Bertz CT molecular complexity index is 557. The van der Waals surface area contributed by atoms with Crippen LogP contribution < -0.4 is 10.5 Å². The third-order valence-electron chi connectivity index (χ3n) is 2.46. The third-order valence-corrected chi connectivity index (χ3v) is 3.32. The quantitative estimate of drug-likeness (QED) is 0.873. The molecule has 0 aliphatic rings. The van der Waals surface area contributed by atoms with Crippen LogP contribution in [0.15, 0.2) is 53.0 Å². The number of halogens is 1. The van der Waals surface area contributed by atoms with Crippen LogP contribution >= 0.6 is 28.1 Å². The predicted octanol–water partition coefficient (Wildman–Crippen LogP) is 3.66. The van der Waals surface area contributed by atoms with Gasteiger partial charge in [-0.05, 0) is 33.6 Å². The van der Waals surface area contributed by atoms with Crippen LogP contribution in [0.2, 0.25) is 0 Å². The Balaban J connectivity index is 2.20. The van der Waals surface area contributed by atoms with Crippen molar-refractivity contribution in [2.24, 2.45) is 5.73 Å². The van der Waals surface area contributed by atoms with Crippen molar-refractivity contribution in [3.05, 3.63) is 64.1 Å². The Hall–Kier alpha value is -1.39. The van der Waals surface area contributed by atoms with Crippen molar-refractivity contribution in [3.8, 4) is 5.75 Å². The normalized spacial score (nSPS) is 10.1. The van der Waals surface area contributed by atoms with Gasteiger partial charge in [0.15, 0.2) is 0 Å². The highest BCUT2D eigenvalue weighted by atomic mass is 79.9. The molecular weight excluding hydrogens is 310 g/mol. The first kappa shape index (κ1) is 13.1. The molecule has 0 unspecified atom stereocenters. The van der Waals surface area contributed by atoms with E-state index in [1.807, 2.05) is 48.5 Å². The van der Waals surface area contributed by atoms with E-state index in [9.17, 15) is 0 Å². The van der Waals surface area contributed by atoms with Crippen LogP contribution in [-0.4, -0.2) is 4.99 Å². The molecule has 92 valence electrons. The van der Waals surface area contributed by atoms with Gasteiger partial charge in [-0.3, -0.25) is 0 Å². The molecule has 0 atom stereocenters. The van der Waals surface area contributed by atoms with Gasteiger partial charge in [-0.15, -0.1) is 0 Å². The largest absolute Gasteiger partial charge is 0.488 e. The highest BCUT2D eigenvalue weighted by molar-refractivity contribution is 9.10. The Kier molecular flexibility index (Phi) is 4.33. The van der Waals surface area contributed by atoms with E-state index in [1.54, 1.807) is 0 Å². The summed E-state index contributed by atoms with van der Waals surface area (Å²) < 4.78 is 6.62. The minimum atomic E-state index is 0.325. The summed E-state index contributed by atoms with van der Waals surface area (Å²) in [6, 6.07) is 15.6. The Morgan fingerprint density at radius 2 is 1.83 bits per heavy atom. The van der Waals surface area contributed by atoms with Crippen LogP contribution in [0.25, 0.3) is 0 Å². The van der Waals surface area contributed by atoms with E-state index in [1.165, 1.54) is 0 Å². The van der Waals surface area contributed by atoms with E-state index >= 15 is 0 Å². The second kappa shape index (κ2) is 5.98. The Labute approximate surface area is 120 Å². The lowest BCUT2D eigenvalue weighted by atomic mass is 10.2. The fourth-order valence-electron chi connectivity index (χ4n) is 1.60. The molecule has 2 aromatic carbocycles. The minimum Gasteiger partial charge on any atom is -0.488 e. The number of nitrogens with two attached hydrogens (primary N) is 1. The molecule has 0 radical (unpaired) electrons. The maximum Gasteiger partial charge on any atom is 0.131 e. The van der Waals surface area contributed by atoms with Gasteiger partial charge in [-0.2, -0.15) is 0 Å². The SMILES string of the molecule is NC(=S)c1c(Br)cccc1OCc1ccccc1. The zero-order valence-corrected chi connectivity index (χ0v) is 12.0. The van der Waals surface area contributed by atoms with Crippen molar-refractivity contribution in [3.63, 3.8) is 0 Å². The zero-order valence-electron chi connectivity index (χ0n) is 9.60. The lowest BCUT2D eigenvalue weighted by Crippen LogP contribution is -2.12. The molecule has 0 saturated heterocycles. The van der Waals surface area contributed by atoms with Gasteiger partial charge in [0.2, 0.25) is 0 Å². The molecular formula is C14H12BrNOS. The molecule has 0 spiro atoms. The second-order valence-electron chi connectivity index (χ2n) is 3.75. The molecule has 2 nitrogen and oxygen atoms in total. The van der Waals surface area contributed by atoms with E-state index in [0.717, 1.165) is 15.6 Å². The standard InChI is InChI=1S/C14H12BrNOS/c15-11-7-4-8-12(13(11)14(16)18)17-9-10-5-2-1-3-6-10/h1-8H,9H2,(H2,16,18). The molecule has 0 aliphatic heterocycles. The number of thiocarbonyl (C=S) groups is 1. The number of hydrogen-bond acceptors (Lipinski definition) is 2. The van der Waals surface area contributed by atoms with Crippen molar-refractivity contribution < 1.29 is 4.74 Å². The molecule has 0 heterocycles. The fraction of sp³-hybridized carbons (Fsp3) is 0.0714. The van der Waals surface area contributed by atoms with E-state index in [4.69, 9.17) is 22.7 Å². The summed E-state index contributed by atoms with van der Waals surface area (Å²) in [4.78, 5) is 0.325. The lowest BCUT2D eigenvalue weighted by Gasteiger charge is -2.12. The van der Waals surface area contributed by atoms with Gasteiger partial charge in [0, 0.05) is 4.47 Å². The summed E-state index contributed by atoms with van der Waals surface area (Å²) in [6.07, 6.45) is 0. The lowest BCUT2D eigenvalue weighted by molar-refractivity contribution is 0.305. The Morgan fingerprint density at radius 3 is 2.50 bits per heavy atom. The summed E-state index contributed by atoms with van der Waals surface area (Å²) in [5, 5.41) is 0. The van der Waals surface area contributed by atoms with Gasteiger partial charge in [0.25, 0.3) is 0 Å². The van der Waals surface area contributed by atoms with E-state index in [0.29, 0.717) is 17.3 Å². The van der Waals surface area contributed by atoms with E-state index < -0.39 is 0 Å². The third kappa shape index (κ3) is 3.09. The molecule has 2 rings (SSSR count). The molecule has 18 heavy (non-hydrogen) atoms. The summed E-state index contributed by atoms with van der Waals surface area (Å²) in [5.41, 5.74) is 7.55. The van der Waals surface area contributed by atoms with Gasteiger partial charge in [0.05, 0.1) is 5.56 Å². The topological polar surface area (TPSA) is 35.2 Å².